The number of carbonyl (C=O) groups is 4. The van der Waals surface area contributed by atoms with E-state index in [1.165, 1.54) is 0 Å². The first-order valence-corrected chi connectivity index (χ1v) is 6.43. The van der Waals surface area contributed by atoms with Crippen molar-refractivity contribution in [3.8, 4) is 0 Å². The van der Waals surface area contributed by atoms with Crippen LogP contribution in [0.2, 0.25) is 0 Å². The molecule has 0 atom stereocenters. The van der Waals surface area contributed by atoms with Crippen molar-refractivity contribution in [2.75, 3.05) is 26.4 Å². The van der Waals surface area contributed by atoms with Crippen LogP contribution in [0.3, 0.4) is 0 Å². The second kappa shape index (κ2) is 29.8. The molecule has 0 heterocycles. The van der Waals surface area contributed by atoms with E-state index in [1.54, 1.807) is 27.7 Å². The van der Waals surface area contributed by atoms with Gasteiger partial charge in [-0.15, -0.1) is 0 Å². The van der Waals surface area contributed by atoms with Gasteiger partial charge in [0.2, 0.25) is 0 Å². The van der Waals surface area contributed by atoms with Gasteiger partial charge in [0, 0.05) is 26.4 Å². The zero-order valence-electron chi connectivity index (χ0n) is 14.2. The zero-order valence-corrected chi connectivity index (χ0v) is 15.8. The van der Waals surface area contributed by atoms with Crippen molar-refractivity contribution in [2.45, 2.75) is 27.7 Å². The molecule has 0 aliphatic heterocycles. The Labute approximate surface area is 159 Å². The van der Waals surface area contributed by atoms with Gasteiger partial charge in [-0.25, -0.2) is 0 Å². The van der Waals surface area contributed by atoms with Gasteiger partial charge >= 0.3 is 21.7 Å². The first-order chi connectivity index (χ1) is 11.1. The minimum absolute atomic E-state index is 0. The predicted molar refractivity (Wildman–Crippen MR) is 68.1 cm³/mol. The zero-order chi connectivity index (χ0) is 20.0. The molecule has 0 saturated heterocycles. The smallest absolute Gasteiger partial charge is 0.550 e. The quantitative estimate of drug-likeness (QED) is 0.271. The van der Waals surface area contributed by atoms with Gasteiger partial charge in [0.25, 0.3) is 24.6 Å². The average molecular weight is 404 g/mol. The molecular weight excluding hydrogens is 384 g/mol. The van der Waals surface area contributed by atoms with Crippen LogP contribution in [0, 0.1) is 0 Å². The van der Waals surface area contributed by atoms with E-state index in [0.717, 1.165) is 0 Å². The summed E-state index contributed by atoms with van der Waals surface area (Å²) >= 11 is 0. The summed E-state index contributed by atoms with van der Waals surface area (Å²) in [5, 5.41) is 37.1. The van der Waals surface area contributed by atoms with E-state index in [4.69, 9.17) is 0 Å². The Morgan fingerprint density at radius 2 is 0.640 bits per heavy atom. The fraction of sp³-hybridized carbons (Fsp3) is 0.667. The van der Waals surface area contributed by atoms with Gasteiger partial charge in [-0.05, 0) is 27.7 Å². The minimum Gasteiger partial charge on any atom is -0.550 e. The molecule has 0 unspecified atom stereocenters. The Hall–Kier alpha value is -2.21. The summed E-state index contributed by atoms with van der Waals surface area (Å²) in [4.78, 5) is 37.1. The third kappa shape index (κ3) is 89.0. The fourth-order valence-electron chi connectivity index (χ4n) is 0.471. The summed E-state index contributed by atoms with van der Waals surface area (Å²) in [6.45, 7) is 6.99. The Morgan fingerprint density at radius 3 is 0.640 bits per heavy atom. The average Bonchev–Trinajstić information content (AvgIpc) is 2.39. The fourth-order valence-corrected chi connectivity index (χ4v) is 0.471. The van der Waals surface area contributed by atoms with Crippen LogP contribution in [0.5, 0.6) is 0 Å². The van der Waals surface area contributed by atoms with E-state index in [1.807, 2.05) is 0 Å². The molecule has 144 valence electrons. The summed E-state index contributed by atoms with van der Waals surface area (Å²) in [5.74, 6) is 0. The topological polar surface area (TPSA) is 197 Å². The van der Waals surface area contributed by atoms with Crippen LogP contribution in [0.15, 0.2) is 0 Å². The normalized spacial score (nSPS) is 7.20. The van der Waals surface area contributed by atoms with E-state index < -0.39 is 24.6 Å². The van der Waals surface area contributed by atoms with Gasteiger partial charge in [-0.3, -0.25) is 0 Å². The first kappa shape index (κ1) is 34.2. The predicted octanol–water partition coefficient (Wildman–Crippen LogP) is -2.54. The van der Waals surface area contributed by atoms with Gasteiger partial charge in [0.05, 0.1) is 0 Å². The van der Waals surface area contributed by atoms with E-state index in [9.17, 15) is 39.6 Å². The van der Waals surface area contributed by atoms with Crippen molar-refractivity contribution in [3.05, 3.63) is 0 Å². The maximum atomic E-state index is 9.27. The van der Waals surface area contributed by atoms with Crippen molar-refractivity contribution < 1.29 is 80.3 Å². The second-order valence-corrected chi connectivity index (χ2v) is 2.73. The molecule has 0 aromatic heterocycles. The Bertz CT molecular complexity index is 270. The Morgan fingerprint density at radius 1 is 0.520 bits per heavy atom. The molecule has 0 aromatic carbocycles. The SMILES string of the molecule is CCOC(=O)[O-].CCOC(=O)[O-].CCOC(=O)[O-].CCOC(=O)[O-].[Ti+4]. The van der Waals surface area contributed by atoms with Gasteiger partial charge in [-0.1, -0.05) is 0 Å². The van der Waals surface area contributed by atoms with Gasteiger partial charge in [0.15, 0.2) is 0 Å². The van der Waals surface area contributed by atoms with Gasteiger partial charge in [0.1, 0.15) is 0 Å². The third-order valence-corrected chi connectivity index (χ3v) is 1.05. The Balaban J connectivity index is -0.0000000702. The number of hydrogen-bond acceptors (Lipinski definition) is 12. The number of ether oxygens (including phenoxy) is 4. The summed E-state index contributed by atoms with van der Waals surface area (Å²) in [7, 11) is 0. The maximum Gasteiger partial charge on any atom is 4.00 e. The van der Waals surface area contributed by atoms with E-state index in [-0.39, 0.29) is 48.1 Å². The molecular formula is C12H20O12Ti. The molecule has 12 nitrogen and oxygen atoms in total. The monoisotopic (exact) mass is 404 g/mol. The maximum absolute atomic E-state index is 9.27. The molecule has 13 heteroatoms. The molecule has 0 spiro atoms. The largest absolute Gasteiger partial charge is 4.00 e. The molecule has 0 aromatic rings. The van der Waals surface area contributed by atoms with Crippen LogP contribution in [0.1, 0.15) is 27.7 Å². The van der Waals surface area contributed by atoms with Crippen LogP contribution in [0.25, 0.3) is 0 Å². The number of carboxylic acid groups (broad SMARTS) is 4. The summed E-state index contributed by atoms with van der Waals surface area (Å²) < 4.78 is 15.4. The molecule has 0 rings (SSSR count). The summed E-state index contributed by atoms with van der Waals surface area (Å²) in [6, 6.07) is 0. The van der Waals surface area contributed by atoms with E-state index in [0.29, 0.717) is 0 Å². The van der Waals surface area contributed by atoms with E-state index in [2.05, 4.69) is 18.9 Å². The molecule has 0 N–H and O–H groups in total. The third-order valence-electron chi connectivity index (χ3n) is 1.05. The molecule has 0 aliphatic rings. The molecule has 0 amide bonds. The van der Waals surface area contributed by atoms with Crippen LogP contribution >= 0.6 is 0 Å². The molecule has 0 radical (unpaired) electrons. The molecule has 0 fully saturated rings. The molecule has 0 aliphatic carbocycles. The van der Waals surface area contributed by atoms with Crippen LogP contribution < -0.4 is 20.4 Å². The number of rotatable bonds is 4. The standard InChI is InChI=1S/4C3H6O3.Ti/c4*1-2-6-3(4)5;/h4*2H2,1H3,(H,4,5);/q;;;;+4/p-4. The Kier molecular flexibility index (Phi) is 40.7. The van der Waals surface area contributed by atoms with Crippen molar-refractivity contribution in [1.82, 2.24) is 0 Å². The van der Waals surface area contributed by atoms with Crippen molar-refractivity contribution in [1.29, 1.82) is 0 Å². The van der Waals surface area contributed by atoms with Crippen LogP contribution in [-0.4, -0.2) is 51.0 Å². The summed E-state index contributed by atoms with van der Waals surface area (Å²) in [5.41, 5.74) is 0. The second-order valence-electron chi connectivity index (χ2n) is 2.73. The minimum atomic E-state index is -1.46. The molecule has 0 bridgehead atoms. The number of carbonyl (C=O) groups excluding carboxylic acids is 4. The van der Waals surface area contributed by atoms with E-state index >= 15 is 0 Å². The van der Waals surface area contributed by atoms with Crippen molar-refractivity contribution >= 4 is 24.6 Å². The van der Waals surface area contributed by atoms with Gasteiger partial charge < -0.3 is 58.6 Å². The number of hydrogen-bond donors (Lipinski definition) is 0. The molecule has 0 saturated carbocycles. The first-order valence-electron chi connectivity index (χ1n) is 6.43. The summed E-state index contributed by atoms with van der Waals surface area (Å²) in [6.07, 6.45) is -5.84. The molecule has 25 heavy (non-hydrogen) atoms. The van der Waals surface area contributed by atoms with Crippen LogP contribution in [-0.2, 0) is 40.7 Å². The van der Waals surface area contributed by atoms with Crippen LogP contribution in [0.4, 0.5) is 19.2 Å². The van der Waals surface area contributed by atoms with Gasteiger partial charge in [-0.2, -0.15) is 0 Å². The van der Waals surface area contributed by atoms with Crippen molar-refractivity contribution in [3.63, 3.8) is 0 Å². The van der Waals surface area contributed by atoms with Crippen molar-refractivity contribution in [2.24, 2.45) is 0 Å².